The van der Waals surface area contributed by atoms with Gasteiger partial charge in [-0.25, -0.2) is 4.39 Å². The SMILES string of the molecule is C=CC(=O)NCc1cc(-c2ccc(OC(F)(F)F)cc2)c(C)c(N(C)C(C)F)c1CO. The highest BCUT2D eigenvalue weighted by Gasteiger charge is 2.31. The van der Waals surface area contributed by atoms with Gasteiger partial charge < -0.3 is 20.1 Å². The van der Waals surface area contributed by atoms with Crippen LogP contribution in [0.1, 0.15) is 23.6 Å². The Hall–Kier alpha value is -3.07. The van der Waals surface area contributed by atoms with Gasteiger partial charge in [0.15, 0.2) is 6.30 Å². The molecule has 0 fully saturated rings. The fraction of sp³-hybridized carbons (Fsp3) is 0.318. The van der Waals surface area contributed by atoms with Crippen LogP contribution in [-0.2, 0) is 17.9 Å². The predicted octanol–water partition coefficient (Wildman–Crippen LogP) is 4.61. The number of ether oxygens (including phenoxy) is 1. The second kappa shape index (κ2) is 9.82. The molecule has 2 rings (SSSR count). The smallest absolute Gasteiger partial charge is 0.406 e. The highest BCUT2D eigenvalue weighted by Crippen LogP contribution is 2.38. The highest BCUT2D eigenvalue weighted by atomic mass is 19.4. The maximum Gasteiger partial charge on any atom is 0.573 e. The Morgan fingerprint density at radius 3 is 2.42 bits per heavy atom. The minimum atomic E-state index is -4.80. The van der Waals surface area contributed by atoms with Crippen molar-refractivity contribution in [1.82, 2.24) is 5.32 Å². The fourth-order valence-corrected chi connectivity index (χ4v) is 3.26. The van der Waals surface area contributed by atoms with Crippen LogP contribution in [0.25, 0.3) is 11.1 Å². The number of hydrogen-bond acceptors (Lipinski definition) is 4. The van der Waals surface area contributed by atoms with Crippen LogP contribution in [0.15, 0.2) is 43.0 Å². The molecule has 0 heterocycles. The van der Waals surface area contributed by atoms with E-state index in [1.165, 1.54) is 43.1 Å². The van der Waals surface area contributed by atoms with Gasteiger partial charge in [-0.3, -0.25) is 4.79 Å². The Kier molecular flexibility index (Phi) is 7.67. The average molecular weight is 440 g/mol. The van der Waals surface area contributed by atoms with Crippen molar-refractivity contribution < 1.29 is 32.2 Å². The van der Waals surface area contributed by atoms with E-state index in [1.807, 2.05) is 0 Å². The maximum absolute atomic E-state index is 14.2. The second-order valence-corrected chi connectivity index (χ2v) is 6.87. The minimum absolute atomic E-state index is 0.0464. The minimum Gasteiger partial charge on any atom is -0.406 e. The second-order valence-electron chi connectivity index (χ2n) is 6.87. The van der Waals surface area contributed by atoms with Gasteiger partial charge >= 0.3 is 6.36 Å². The van der Waals surface area contributed by atoms with Gasteiger partial charge in [0.1, 0.15) is 5.75 Å². The van der Waals surface area contributed by atoms with Crippen LogP contribution < -0.4 is 15.0 Å². The Bertz CT molecular complexity index is 941. The summed E-state index contributed by atoms with van der Waals surface area (Å²) < 4.78 is 55.4. The first-order valence-corrected chi connectivity index (χ1v) is 9.38. The van der Waals surface area contributed by atoms with E-state index in [4.69, 9.17) is 0 Å². The normalized spacial score (nSPS) is 12.3. The number of aliphatic hydroxyl groups is 1. The first-order valence-electron chi connectivity index (χ1n) is 9.38. The third-order valence-electron chi connectivity index (χ3n) is 4.83. The monoisotopic (exact) mass is 440 g/mol. The van der Waals surface area contributed by atoms with Gasteiger partial charge in [-0.15, -0.1) is 13.2 Å². The zero-order valence-electron chi connectivity index (χ0n) is 17.4. The highest BCUT2D eigenvalue weighted by molar-refractivity contribution is 5.87. The number of carbonyl (C=O) groups is 1. The van der Waals surface area contributed by atoms with Gasteiger partial charge in [0.2, 0.25) is 5.91 Å². The van der Waals surface area contributed by atoms with Crippen LogP contribution in [0.2, 0.25) is 0 Å². The number of alkyl halides is 4. The molecule has 2 N–H and O–H groups in total. The molecular weight excluding hydrogens is 416 g/mol. The molecule has 1 atom stereocenters. The number of hydrogen-bond donors (Lipinski definition) is 2. The lowest BCUT2D eigenvalue weighted by Gasteiger charge is -2.29. The van der Waals surface area contributed by atoms with Gasteiger partial charge in [0.25, 0.3) is 0 Å². The summed E-state index contributed by atoms with van der Waals surface area (Å²) in [5.74, 6) is -0.789. The van der Waals surface area contributed by atoms with Gasteiger partial charge in [0.05, 0.1) is 6.61 Å². The van der Waals surface area contributed by atoms with Crippen molar-refractivity contribution in [2.24, 2.45) is 0 Å². The number of carbonyl (C=O) groups excluding carboxylic acids is 1. The Morgan fingerprint density at radius 1 is 1.32 bits per heavy atom. The summed E-state index contributed by atoms with van der Waals surface area (Å²) in [6.45, 7) is 6.11. The average Bonchev–Trinajstić information content (AvgIpc) is 2.71. The van der Waals surface area contributed by atoms with Gasteiger partial charge in [-0.2, -0.15) is 0 Å². The number of benzene rings is 2. The molecule has 0 spiro atoms. The van der Waals surface area contributed by atoms with Crippen LogP contribution in [-0.4, -0.2) is 30.7 Å². The van der Waals surface area contributed by atoms with E-state index in [0.29, 0.717) is 33.5 Å². The molecule has 2 aromatic carbocycles. The largest absolute Gasteiger partial charge is 0.573 e. The molecule has 31 heavy (non-hydrogen) atoms. The predicted molar refractivity (Wildman–Crippen MR) is 110 cm³/mol. The Balaban J connectivity index is 2.61. The quantitative estimate of drug-likeness (QED) is 0.358. The molecule has 0 aromatic heterocycles. The number of halogens is 4. The molecule has 0 aliphatic heterocycles. The summed E-state index contributed by atoms with van der Waals surface area (Å²) in [6, 6.07) is 6.99. The maximum atomic E-state index is 14.2. The van der Waals surface area contributed by atoms with Crippen LogP contribution in [0.5, 0.6) is 5.75 Å². The van der Waals surface area contributed by atoms with Crippen LogP contribution in [0.3, 0.4) is 0 Å². The van der Waals surface area contributed by atoms with Crippen molar-refractivity contribution in [2.45, 2.75) is 39.7 Å². The van der Waals surface area contributed by atoms with Gasteiger partial charge in [-0.1, -0.05) is 18.7 Å². The van der Waals surface area contributed by atoms with E-state index in [9.17, 15) is 27.5 Å². The fourth-order valence-electron chi connectivity index (χ4n) is 3.26. The first kappa shape index (κ1) is 24.2. The zero-order chi connectivity index (χ0) is 23.3. The number of anilines is 1. The molecule has 0 radical (unpaired) electrons. The number of nitrogens with zero attached hydrogens (tertiary/aromatic N) is 1. The van der Waals surface area contributed by atoms with E-state index in [2.05, 4.69) is 16.6 Å². The summed E-state index contributed by atoms with van der Waals surface area (Å²) >= 11 is 0. The third kappa shape index (κ3) is 5.97. The van der Waals surface area contributed by atoms with Crippen molar-refractivity contribution in [1.29, 1.82) is 0 Å². The summed E-state index contributed by atoms with van der Waals surface area (Å²) in [6.07, 6.45) is -5.08. The molecular formula is C22H24F4N2O3. The molecule has 0 aliphatic rings. The van der Waals surface area contributed by atoms with Crippen molar-refractivity contribution in [3.8, 4) is 16.9 Å². The lowest BCUT2D eigenvalue weighted by atomic mass is 9.91. The van der Waals surface area contributed by atoms with Crippen LogP contribution in [0, 0.1) is 6.92 Å². The lowest BCUT2D eigenvalue weighted by molar-refractivity contribution is -0.274. The van der Waals surface area contributed by atoms with E-state index >= 15 is 0 Å². The molecule has 0 aliphatic carbocycles. The number of rotatable bonds is 8. The van der Waals surface area contributed by atoms with Crippen LogP contribution in [0.4, 0.5) is 23.2 Å². The van der Waals surface area contributed by atoms with Crippen molar-refractivity contribution >= 4 is 11.6 Å². The number of aliphatic hydroxyl groups excluding tert-OH is 1. The molecule has 2 aromatic rings. The molecule has 5 nitrogen and oxygen atoms in total. The molecule has 0 saturated carbocycles. The van der Waals surface area contributed by atoms with Gasteiger partial charge in [-0.05, 0) is 60.4 Å². The zero-order valence-corrected chi connectivity index (χ0v) is 17.4. The van der Waals surface area contributed by atoms with E-state index < -0.39 is 25.2 Å². The standard InChI is InChI=1S/C22H24F4N2O3/c1-5-20(30)27-11-16-10-18(13(2)21(19(16)12-29)28(4)14(3)23)15-6-8-17(9-7-15)31-22(24,25)26/h5-10,14,29H,1,11-12H2,2-4H3,(H,27,30). The van der Waals surface area contributed by atoms with Crippen molar-refractivity contribution in [3.63, 3.8) is 0 Å². The Labute approximate surface area is 177 Å². The van der Waals surface area contributed by atoms with E-state index in [1.54, 1.807) is 13.0 Å². The number of amides is 1. The molecule has 168 valence electrons. The van der Waals surface area contributed by atoms with E-state index in [-0.39, 0.29) is 12.3 Å². The molecule has 0 bridgehead atoms. The third-order valence-corrected chi connectivity index (χ3v) is 4.83. The summed E-state index contributed by atoms with van der Waals surface area (Å²) in [4.78, 5) is 13.0. The summed E-state index contributed by atoms with van der Waals surface area (Å²) in [7, 11) is 1.53. The van der Waals surface area contributed by atoms with Gasteiger partial charge in [0, 0.05) is 24.8 Å². The van der Waals surface area contributed by atoms with Crippen molar-refractivity contribution in [3.05, 3.63) is 59.7 Å². The molecule has 0 saturated heterocycles. The van der Waals surface area contributed by atoms with Crippen LogP contribution >= 0.6 is 0 Å². The molecule has 9 heteroatoms. The molecule has 1 amide bonds. The van der Waals surface area contributed by atoms with Crippen molar-refractivity contribution in [2.75, 3.05) is 11.9 Å². The Morgan fingerprint density at radius 2 is 1.94 bits per heavy atom. The molecule has 1 unspecified atom stereocenters. The lowest BCUT2D eigenvalue weighted by Crippen LogP contribution is -2.28. The van der Waals surface area contributed by atoms with E-state index in [0.717, 1.165) is 6.08 Å². The summed E-state index contributed by atoms with van der Waals surface area (Å²) in [5.41, 5.74) is 3.22. The topological polar surface area (TPSA) is 61.8 Å². The summed E-state index contributed by atoms with van der Waals surface area (Å²) in [5, 5.41) is 12.6. The number of nitrogens with one attached hydrogen (secondary N) is 1. The first-order chi connectivity index (χ1) is 14.5.